The van der Waals surface area contributed by atoms with Gasteiger partial charge in [0.25, 0.3) is 0 Å². The summed E-state index contributed by atoms with van der Waals surface area (Å²) in [6.45, 7) is 12.7. The molecule has 1 aromatic carbocycles. The molecule has 202 valence electrons. The van der Waals surface area contributed by atoms with E-state index in [1.807, 2.05) is 33.5 Å². The maximum Gasteiger partial charge on any atom is 0.245 e. The van der Waals surface area contributed by atoms with Gasteiger partial charge < -0.3 is 14.2 Å². The van der Waals surface area contributed by atoms with E-state index < -0.39 is 8.32 Å². The fourth-order valence-electron chi connectivity index (χ4n) is 5.32. The van der Waals surface area contributed by atoms with Gasteiger partial charge in [-0.15, -0.1) is 11.3 Å². The van der Waals surface area contributed by atoms with Crippen LogP contribution in [0.25, 0.3) is 0 Å². The second-order valence-corrected chi connectivity index (χ2v) is 17.5. The van der Waals surface area contributed by atoms with Gasteiger partial charge in [-0.1, -0.05) is 51.1 Å². The van der Waals surface area contributed by atoms with Crippen LogP contribution in [0.3, 0.4) is 0 Å². The van der Waals surface area contributed by atoms with E-state index in [-0.39, 0.29) is 35.0 Å². The van der Waals surface area contributed by atoms with E-state index in [0.29, 0.717) is 13.0 Å². The number of benzene rings is 1. The van der Waals surface area contributed by atoms with Crippen molar-refractivity contribution in [3.8, 4) is 0 Å². The van der Waals surface area contributed by atoms with Crippen molar-refractivity contribution in [3.63, 3.8) is 0 Å². The molecule has 2 saturated heterocycles. The Hall–Kier alpha value is -2.03. The van der Waals surface area contributed by atoms with Gasteiger partial charge in [-0.2, -0.15) is 0 Å². The van der Waals surface area contributed by atoms with Crippen LogP contribution < -0.4 is 0 Å². The van der Waals surface area contributed by atoms with Crippen molar-refractivity contribution < 1.29 is 14.0 Å². The Morgan fingerprint density at radius 1 is 1.11 bits per heavy atom. The first-order valence-electron chi connectivity index (χ1n) is 13.8. The summed E-state index contributed by atoms with van der Waals surface area (Å²) >= 11 is 1.57. The number of thiazole rings is 1. The van der Waals surface area contributed by atoms with Crippen LogP contribution in [0.2, 0.25) is 18.1 Å². The Balaban J connectivity index is 1.46. The standard InChI is InChI=1S/C29H43N3O3SSi/c1-29(2,3)37(4,5)35-27(23-20-36-21-30-23)24-15-10-19-32(24)28(34)25-16-11-18-31(25)26(33)17-9-14-22-12-7-6-8-13-22/h6-8,12-13,20-21,24-25,27H,9-11,14-19H2,1-5H3/t24-,25-,27?/m0/s1. The Bertz CT molecular complexity index is 1040. The fourth-order valence-corrected chi connectivity index (χ4v) is 7.16. The second kappa shape index (κ2) is 11.8. The summed E-state index contributed by atoms with van der Waals surface area (Å²) in [6.07, 6.45) is 5.43. The summed E-state index contributed by atoms with van der Waals surface area (Å²) in [5.74, 6) is 0.201. The molecule has 2 amide bonds. The summed E-state index contributed by atoms with van der Waals surface area (Å²) in [5, 5.41) is 2.13. The average Bonchev–Trinajstić information content (AvgIpc) is 3.64. The van der Waals surface area contributed by atoms with Crippen molar-refractivity contribution in [2.45, 2.75) is 102 Å². The van der Waals surface area contributed by atoms with Crippen LogP contribution in [0.5, 0.6) is 0 Å². The van der Waals surface area contributed by atoms with Crippen molar-refractivity contribution >= 4 is 31.5 Å². The van der Waals surface area contributed by atoms with Crippen LogP contribution >= 0.6 is 11.3 Å². The number of hydrogen-bond acceptors (Lipinski definition) is 5. The normalized spacial score (nSPS) is 21.4. The number of aromatic nitrogens is 1. The molecule has 2 fully saturated rings. The number of likely N-dealkylation sites (tertiary alicyclic amines) is 2. The monoisotopic (exact) mass is 541 g/mol. The lowest BCUT2D eigenvalue weighted by atomic mass is 10.0. The van der Waals surface area contributed by atoms with Crippen molar-refractivity contribution in [1.82, 2.24) is 14.8 Å². The molecule has 2 aliphatic heterocycles. The van der Waals surface area contributed by atoms with Crippen LogP contribution in [-0.4, -0.2) is 60.1 Å². The Morgan fingerprint density at radius 3 is 2.49 bits per heavy atom. The lowest BCUT2D eigenvalue weighted by Gasteiger charge is -2.42. The Kier molecular flexibility index (Phi) is 8.91. The van der Waals surface area contributed by atoms with Gasteiger partial charge in [0, 0.05) is 24.9 Å². The fraction of sp³-hybridized carbons (Fsp3) is 0.621. The minimum absolute atomic E-state index is 0.0423. The molecule has 2 aliphatic rings. The molecule has 4 rings (SSSR count). The Labute approximate surface area is 227 Å². The number of nitrogens with zero attached hydrogens (tertiary/aromatic N) is 3. The van der Waals surface area contributed by atoms with Gasteiger partial charge in [-0.3, -0.25) is 9.59 Å². The zero-order chi connectivity index (χ0) is 26.6. The third-order valence-corrected chi connectivity index (χ3v) is 13.5. The second-order valence-electron chi connectivity index (χ2n) is 12.0. The molecular formula is C29H43N3O3SSi. The van der Waals surface area contributed by atoms with E-state index in [2.05, 4.69) is 56.4 Å². The van der Waals surface area contributed by atoms with Crippen molar-refractivity contribution in [1.29, 1.82) is 0 Å². The lowest BCUT2D eigenvalue weighted by Crippen LogP contribution is -2.52. The summed E-state index contributed by atoms with van der Waals surface area (Å²) in [5.41, 5.74) is 4.03. The molecule has 1 aromatic heterocycles. The van der Waals surface area contributed by atoms with Gasteiger partial charge in [-0.05, 0) is 62.2 Å². The molecule has 3 atom stereocenters. The van der Waals surface area contributed by atoms with E-state index in [9.17, 15) is 9.59 Å². The van der Waals surface area contributed by atoms with Crippen molar-refractivity contribution in [2.24, 2.45) is 0 Å². The molecule has 0 bridgehead atoms. The number of rotatable bonds is 9. The first kappa shape index (κ1) is 28.0. The van der Waals surface area contributed by atoms with E-state index >= 15 is 0 Å². The molecule has 3 heterocycles. The SMILES string of the molecule is CC(C)(C)[Si](C)(C)OC(c1cscn1)[C@@H]1CCCN1C(=O)[C@@H]1CCCN1C(=O)CCCc1ccccc1. The van der Waals surface area contributed by atoms with Gasteiger partial charge in [0.15, 0.2) is 8.32 Å². The van der Waals surface area contributed by atoms with Crippen LogP contribution in [0.4, 0.5) is 0 Å². The van der Waals surface area contributed by atoms with Crippen molar-refractivity contribution in [2.75, 3.05) is 13.1 Å². The first-order chi connectivity index (χ1) is 17.6. The Morgan fingerprint density at radius 2 is 1.81 bits per heavy atom. The summed E-state index contributed by atoms with van der Waals surface area (Å²) in [6, 6.07) is 9.89. The van der Waals surface area contributed by atoms with Crippen LogP contribution in [0.1, 0.15) is 76.7 Å². The zero-order valence-electron chi connectivity index (χ0n) is 23.1. The highest BCUT2D eigenvalue weighted by atomic mass is 32.1. The maximum atomic E-state index is 14.0. The molecule has 0 spiro atoms. The molecule has 0 N–H and O–H groups in total. The molecule has 6 nitrogen and oxygen atoms in total. The van der Waals surface area contributed by atoms with E-state index in [4.69, 9.17) is 4.43 Å². The van der Waals surface area contributed by atoms with Crippen LogP contribution in [-0.2, 0) is 20.4 Å². The van der Waals surface area contributed by atoms with E-state index in [1.54, 1.807) is 11.3 Å². The number of hydrogen-bond donors (Lipinski definition) is 0. The minimum Gasteiger partial charge on any atom is -0.406 e. The van der Waals surface area contributed by atoms with Gasteiger partial charge in [0.1, 0.15) is 12.1 Å². The third-order valence-electron chi connectivity index (χ3n) is 8.46. The maximum absolute atomic E-state index is 14.0. The number of amides is 2. The average molecular weight is 542 g/mol. The summed E-state index contributed by atoms with van der Waals surface area (Å²) < 4.78 is 6.95. The minimum atomic E-state index is -2.10. The summed E-state index contributed by atoms with van der Waals surface area (Å²) in [7, 11) is -2.10. The zero-order valence-corrected chi connectivity index (χ0v) is 24.9. The molecule has 37 heavy (non-hydrogen) atoms. The molecule has 0 radical (unpaired) electrons. The molecule has 0 aliphatic carbocycles. The number of carbonyl (C=O) groups is 2. The quantitative estimate of drug-likeness (QED) is 0.354. The predicted octanol–water partition coefficient (Wildman–Crippen LogP) is 6.21. The van der Waals surface area contributed by atoms with Gasteiger partial charge in [0.2, 0.25) is 11.8 Å². The smallest absolute Gasteiger partial charge is 0.245 e. The van der Waals surface area contributed by atoms with Gasteiger partial charge >= 0.3 is 0 Å². The molecule has 1 unspecified atom stereocenters. The predicted molar refractivity (Wildman–Crippen MR) is 152 cm³/mol. The van der Waals surface area contributed by atoms with Crippen LogP contribution in [0, 0.1) is 0 Å². The highest BCUT2D eigenvalue weighted by molar-refractivity contribution is 7.07. The summed E-state index contributed by atoms with van der Waals surface area (Å²) in [4.78, 5) is 35.7. The van der Waals surface area contributed by atoms with E-state index in [1.165, 1.54) is 5.56 Å². The number of aryl methyl sites for hydroxylation is 1. The first-order valence-corrected chi connectivity index (χ1v) is 17.6. The largest absolute Gasteiger partial charge is 0.406 e. The van der Waals surface area contributed by atoms with Crippen LogP contribution in [0.15, 0.2) is 41.2 Å². The van der Waals surface area contributed by atoms with Gasteiger partial charge in [0.05, 0.1) is 17.2 Å². The molecule has 2 aromatic rings. The topological polar surface area (TPSA) is 62.7 Å². The molecule has 0 saturated carbocycles. The highest BCUT2D eigenvalue weighted by Gasteiger charge is 2.47. The lowest BCUT2D eigenvalue weighted by molar-refractivity contribution is -0.145. The van der Waals surface area contributed by atoms with Crippen molar-refractivity contribution in [3.05, 3.63) is 52.5 Å². The third kappa shape index (κ3) is 6.52. The molecular weight excluding hydrogens is 498 g/mol. The molecule has 8 heteroatoms. The van der Waals surface area contributed by atoms with E-state index in [0.717, 1.165) is 50.8 Å². The highest BCUT2D eigenvalue weighted by Crippen LogP contribution is 2.43. The van der Waals surface area contributed by atoms with Gasteiger partial charge in [-0.25, -0.2) is 4.98 Å². The number of carbonyl (C=O) groups excluding carboxylic acids is 2.